The molecule has 0 unspecified atom stereocenters. The second-order valence-electron chi connectivity index (χ2n) is 5.49. The van der Waals surface area contributed by atoms with Crippen LogP contribution in [0.4, 0.5) is 0 Å². The predicted octanol–water partition coefficient (Wildman–Crippen LogP) is 2.57. The molecule has 126 valence electrons. The van der Waals surface area contributed by atoms with Gasteiger partial charge >= 0.3 is 0 Å². The summed E-state index contributed by atoms with van der Waals surface area (Å²) in [7, 11) is 3.64. The Balaban J connectivity index is 0.00000264. The van der Waals surface area contributed by atoms with Crippen molar-refractivity contribution < 1.29 is 9.32 Å². The molecular formula is C16H23ClN4O2. The molecule has 2 aromatic rings. The number of nitrogens with zero attached hydrogens (tertiary/aromatic N) is 3. The SMILES string of the molecule is CNCCN(C)C(=O)c1ccccc1-c1nc(C(C)C)no1.Cl. The van der Waals surface area contributed by atoms with Crippen LogP contribution in [0.25, 0.3) is 11.5 Å². The molecule has 0 aliphatic rings. The maximum absolute atomic E-state index is 12.6. The van der Waals surface area contributed by atoms with Gasteiger partial charge in [0.25, 0.3) is 11.8 Å². The number of benzene rings is 1. The molecule has 7 heteroatoms. The molecule has 2 rings (SSSR count). The Morgan fingerprint density at radius 2 is 2.04 bits per heavy atom. The van der Waals surface area contributed by atoms with Crippen LogP contribution in [0.5, 0.6) is 0 Å². The summed E-state index contributed by atoms with van der Waals surface area (Å²) in [6, 6.07) is 7.31. The summed E-state index contributed by atoms with van der Waals surface area (Å²) in [5.41, 5.74) is 1.24. The summed E-state index contributed by atoms with van der Waals surface area (Å²) in [6.45, 7) is 5.36. The summed E-state index contributed by atoms with van der Waals surface area (Å²) in [5.74, 6) is 1.14. The highest BCUT2D eigenvalue weighted by Crippen LogP contribution is 2.24. The van der Waals surface area contributed by atoms with Crippen molar-refractivity contribution in [1.82, 2.24) is 20.4 Å². The van der Waals surface area contributed by atoms with E-state index in [1.54, 1.807) is 18.0 Å². The van der Waals surface area contributed by atoms with Gasteiger partial charge in [-0.3, -0.25) is 4.79 Å². The minimum atomic E-state index is -0.0600. The maximum atomic E-state index is 12.6. The highest BCUT2D eigenvalue weighted by atomic mass is 35.5. The second kappa shape index (κ2) is 8.64. The third kappa shape index (κ3) is 4.53. The molecule has 1 N–H and O–H groups in total. The number of aromatic nitrogens is 2. The molecule has 0 aliphatic heterocycles. The lowest BCUT2D eigenvalue weighted by molar-refractivity contribution is 0.0797. The molecule has 6 nitrogen and oxygen atoms in total. The van der Waals surface area contributed by atoms with Gasteiger partial charge in [0.2, 0.25) is 0 Å². The number of carbonyl (C=O) groups excluding carboxylic acids is 1. The van der Waals surface area contributed by atoms with Crippen molar-refractivity contribution >= 4 is 18.3 Å². The van der Waals surface area contributed by atoms with Crippen LogP contribution in [-0.2, 0) is 0 Å². The molecular weight excluding hydrogens is 316 g/mol. The van der Waals surface area contributed by atoms with E-state index < -0.39 is 0 Å². The topological polar surface area (TPSA) is 71.3 Å². The molecule has 23 heavy (non-hydrogen) atoms. The first-order chi connectivity index (χ1) is 10.5. The molecule has 1 heterocycles. The Bertz CT molecular complexity index is 643. The van der Waals surface area contributed by atoms with Gasteiger partial charge in [0.1, 0.15) is 0 Å². The third-order valence-electron chi connectivity index (χ3n) is 3.39. The van der Waals surface area contributed by atoms with Gasteiger partial charge in [0, 0.05) is 26.1 Å². The Morgan fingerprint density at radius 1 is 1.35 bits per heavy atom. The van der Waals surface area contributed by atoms with E-state index >= 15 is 0 Å². The number of rotatable bonds is 6. The highest BCUT2D eigenvalue weighted by Gasteiger charge is 2.20. The lowest BCUT2D eigenvalue weighted by Gasteiger charge is -2.18. The van der Waals surface area contributed by atoms with Crippen LogP contribution in [0.2, 0.25) is 0 Å². The average molecular weight is 339 g/mol. The lowest BCUT2D eigenvalue weighted by atomic mass is 10.1. The van der Waals surface area contributed by atoms with E-state index in [-0.39, 0.29) is 24.2 Å². The van der Waals surface area contributed by atoms with E-state index in [0.717, 1.165) is 6.54 Å². The number of nitrogens with one attached hydrogen (secondary N) is 1. The van der Waals surface area contributed by atoms with Crippen LogP contribution in [-0.4, -0.2) is 48.1 Å². The predicted molar refractivity (Wildman–Crippen MR) is 92.0 cm³/mol. The summed E-state index contributed by atoms with van der Waals surface area (Å²) in [4.78, 5) is 18.7. The number of hydrogen-bond donors (Lipinski definition) is 1. The molecule has 1 amide bonds. The molecule has 1 aromatic carbocycles. The van der Waals surface area contributed by atoms with Gasteiger partial charge in [0.15, 0.2) is 5.82 Å². The first-order valence-corrected chi connectivity index (χ1v) is 7.37. The zero-order valence-electron chi connectivity index (χ0n) is 13.9. The number of halogens is 1. The maximum Gasteiger partial charge on any atom is 0.258 e. The molecule has 0 fully saturated rings. The molecule has 0 saturated heterocycles. The third-order valence-corrected chi connectivity index (χ3v) is 3.39. The summed E-state index contributed by atoms with van der Waals surface area (Å²) in [6.07, 6.45) is 0. The number of carbonyl (C=O) groups is 1. The molecule has 1 aromatic heterocycles. The van der Waals surface area contributed by atoms with Crippen LogP contribution in [0.3, 0.4) is 0 Å². The molecule has 0 bridgehead atoms. The highest BCUT2D eigenvalue weighted by molar-refractivity contribution is 5.99. The minimum Gasteiger partial charge on any atom is -0.340 e. The fourth-order valence-corrected chi connectivity index (χ4v) is 2.02. The number of amides is 1. The zero-order chi connectivity index (χ0) is 16.1. The van der Waals surface area contributed by atoms with E-state index in [9.17, 15) is 4.79 Å². The molecule has 0 saturated carbocycles. The molecule has 0 spiro atoms. The van der Waals surface area contributed by atoms with Crippen LogP contribution in [0.15, 0.2) is 28.8 Å². The Morgan fingerprint density at radius 3 is 2.65 bits per heavy atom. The Hall–Kier alpha value is -1.92. The second-order valence-corrected chi connectivity index (χ2v) is 5.49. The van der Waals surface area contributed by atoms with E-state index in [4.69, 9.17) is 4.52 Å². The zero-order valence-corrected chi connectivity index (χ0v) is 14.7. The quantitative estimate of drug-likeness (QED) is 0.876. The van der Waals surface area contributed by atoms with E-state index in [0.29, 0.717) is 29.4 Å². The van der Waals surface area contributed by atoms with Gasteiger partial charge in [0.05, 0.1) is 11.1 Å². The van der Waals surface area contributed by atoms with Gasteiger partial charge in [-0.25, -0.2) is 0 Å². The average Bonchev–Trinajstić information content (AvgIpc) is 3.02. The van der Waals surface area contributed by atoms with Gasteiger partial charge in [-0.1, -0.05) is 31.1 Å². The van der Waals surface area contributed by atoms with Gasteiger partial charge in [-0.15, -0.1) is 12.4 Å². The first kappa shape index (κ1) is 19.1. The van der Waals surface area contributed by atoms with E-state index in [1.165, 1.54) is 0 Å². The molecule has 0 radical (unpaired) electrons. The minimum absolute atomic E-state index is 0. The van der Waals surface area contributed by atoms with Crippen molar-refractivity contribution in [2.75, 3.05) is 27.2 Å². The largest absolute Gasteiger partial charge is 0.340 e. The summed E-state index contributed by atoms with van der Waals surface area (Å²) >= 11 is 0. The van der Waals surface area contributed by atoms with Crippen LogP contribution >= 0.6 is 12.4 Å². The Labute approximate surface area is 142 Å². The fraction of sp³-hybridized carbons (Fsp3) is 0.438. The van der Waals surface area contributed by atoms with Crippen LogP contribution in [0, 0.1) is 0 Å². The van der Waals surface area contributed by atoms with Crippen molar-refractivity contribution in [2.45, 2.75) is 19.8 Å². The summed E-state index contributed by atoms with van der Waals surface area (Å²) < 4.78 is 5.32. The molecule has 0 aliphatic carbocycles. The first-order valence-electron chi connectivity index (χ1n) is 7.37. The lowest BCUT2D eigenvalue weighted by Crippen LogP contribution is -2.33. The Kier molecular flexibility index (Phi) is 7.19. The van der Waals surface area contributed by atoms with Crippen molar-refractivity contribution in [3.63, 3.8) is 0 Å². The summed E-state index contributed by atoms with van der Waals surface area (Å²) in [5, 5.41) is 7.00. The number of likely N-dealkylation sites (N-methyl/N-ethyl adjacent to an activating group) is 2. The van der Waals surface area contributed by atoms with Crippen molar-refractivity contribution in [1.29, 1.82) is 0 Å². The fourth-order valence-electron chi connectivity index (χ4n) is 2.02. The van der Waals surface area contributed by atoms with Crippen LogP contribution < -0.4 is 5.32 Å². The normalized spacial score (nSPS) is 10.5. The van der Waals surface area contributed by atoms with Gasteiger partial charge in [-0.2, -0.15) is 4.98 Å². The van der Waals surface area contributed by atoms with Gasteiger partial charge < -0.3 is 14.7 Å². The standard InChI is InChI=1S/C16H22N4O2.ClH/c1-11(2)14-18-15(22-19-14)12-7-5-6-8-13(12)16(21)20(4)10-9-17-3;/h5-8,11,17H,9-10H2,1-4H3;1H. The van der Waals surface area contributed by atoms with E-state index in [1.807, 2.05) is 39.1 Å². The van der Waals surface area contributed by atoms with E-state index in [2.05, 4.69) is 15.5 Å². The van der Waals surface area contributed by atoms with Crippen molar-refractivity contribution in [3.05, 3.63) is 35.7 Å². The molecule has 0 atom stereocenters. The monoisotopic (exact) mass is 338 g/mol. The van der Waals surface area contributed by atoms with Crippen LogP contribution in [0.1, 0.15) is 35.9 Å². The smallest absolute Gasteiger partial charge is 0.258 e. The van der Waals surface area contributed by atoms with Crippen molar-refractivity contribution in [2.24, 2.45) is 0 Å². The number of hydrogen-bond acceptors (Lipinski definition) is 5. The van der Waals surface area contributed by atoms with Gasteiger partial charge in [-0.05, 0) is 19.2 Å². The van der Waals surface area contributed by atoms with Crippen molar-refractivity contribution in [3.8, 4) is 11.5 Å².